The molecular weight excluding hydrogens is 216 g/mol. The number of nitrogen functional groups attached to an aromatic ring is 1. The van der Waals surface area contributed by atoms with Gasteiger partial charge in [-0.2, -0.15) is 0 Å². The smallest absolute Gasteiger partial charge is 0.0537 e. The molecule has 0 amide bonds. The average Bonchev–Trinajstić information content (AvgIpc) is 2.12. The van der Waals surface area contributed by atoms with E-state index in [1.807, 2.05) is 12.1 Å². The highest BCUT2D eigenvalue weighted by molar-refractivity contribution is 9.10. The third-order valence-electron chi connectivity index (χ3n) is 2.20. The van der Waals surface area contributed by atoms with Crippen molar-refractivity contribution in [3.05, 3.63) is 22.2 Å². The molecule has 1 heterocycles. The van der Waals surface area contributed by atoms with E-state index in [0.29, 0.717) is 0 Å². The largest absolute Gasteiger partial charge is 0.398 e. The fourth-order valence-electron chi connectivity index (χ4n) is 1.57. The van der Waals surface area contributed by atoms with Crippen LogP contribution in [0.1, 0.15) is 12.0 Å². The normalized spacial score (nSPS) is 15.1. The van der Waals surface area contributed by atoms with Crippen molar-refractivity contribution in [2.75, 3.05) is 17.6 Å². The van der Waals surface area contributed by atoms with Gasteiger partial charge in [0.2, 0.25) is 0 Å². The Morgan fingerprint density at radius 3 is 3.00 bits per heavy atom. The van der Waals surface area contributed by atoms with Gasteiger partial charge >= 0.3 is 0 Å². The number of fused-ring (bicyclic) bond motifs is 1. The molecule has 0 spiro atoms. The molecule has 64 valence electrons. The van der Waals surface area contributed by atoms with Crippen molar-refractivity contribution in [2.24, 2.45) is 0 Å². The molecule has 0 aromatic heterocycles. The van der Waals surface area contributed by atoms with Crippen molar-refractivity contribution in [2.45, 2.75) is 12.8 Å². The third kappa shape index (κ3) is 1.18. The van der Waals surface area contributed by atoms with Gasteiger partial charge < -0.3 is 11.1 Å². The van der Waals surface area contributed by atoms with Crippen LogP contribution in [0.3, 0.4) is 0 Å². The summed E-state index contributed by atoms with van der Waals surface area (Å²) in [6.45, 7) is 1.05. The first-order valence-corrected chi connectivity index (χ1v) is 4.89. The predicted molar refractivity (Wildman–Crippen MR) is 55.4 cm³/mol. The molecule has 0 saturated heterocycles. The maximum Gasteiger partial charge on any atom is 0.0537 e. The summed E-state index contributed by atoms with van der Waals surface area (Å²) < 4.78 is 1.12. The molecule has 0 bridgehead atoms. The second-order valence-corrected chi connectivity index (χ2v) is 3.87. The quantitative estimate of drug-likeness (QED) is 0.668. The molecule has 0 unspecified atom stereocenters. The van der Waals surface area contributed by atoms with Gasteiger partial charge in [-0.25, -0.2) is 0 Å². The summed E-state index contributed by atoms with van der Waals surface area (Å²) in [5.41, 5.74) is 9.19. The molecule has 12 heavy (non-hydrogen) atoms. The number of anilines is 2. The van der Waals surface area contributed by atoms with Gasteiger partial charge in [0.05, 0.1) is 5.69 Å². The first-order valence-electron chi connectivity index (χ1n) is 4.10. The lowest BCUT2D eigenvalue weighted by molar-refractivity contribution is 0.831. The van der Waals surface area contributed by atoms with Crippen LogP contribution in [-0.2, 0) is 6.42 Å². The zero-order chi connectivity index (χ0) is 8.55. The maximum atomic E-state index is 5.85. The Balaban J connectivity index is 2.57. The second kappa shape index (κ2) is 2.98. The fraction of sp³-hybridized carbons (Fsp3) is 0.333. The van der Waals surface area contributed by atoms with Crippen molar-refractivity contribution in [3.63, 3.8) is 0 Å². The molecule has 1 aromatic rings. The Kier molecular flexibility index (Phi) is 1.97. The van der Waals surface area contributed by atoms with Gasteiger partial charge in [0.15, 0.2) is 0 Å². The Bertz CT molecular complexity index is 279. The van der Waals surface area contributed by atoms with E-state index >= 15 is 0 Å². The SMILES string of the molecule is Nc1ccc(Br)c2c1CCCN2. The molecule has 1 aromatic carbocycles. The van der Waals surface area contributed by atoms with Crippen molar-refractivity contribution in [1.82, 2.24) is 0 Å². The molecule has 3 N–H and O–H groups in total. The topological polar surface area (TPSA) is 38.0 Å². The third-order valence-corrected chi connectivity index (χ3v) is 2.86. The summed E-state index contributed by atoms with van der Waals surface area (Å²) in [6.07, 6.45) is 2.27. The highest BCUT2D eigenvalue weighted by atomic mass is 79.9. The van der Waals surface area contributed by atoms with Gasteiger partial charge in [-0.3, -0.25) is 0 Å². The summed E-state index contributed by atoms with van der Waals surface area (Å²) >= 11 is 3.50. The lowest BCUT2D eigenvalue weighted by Gasteiger charge is -2.20. The molecule has 0 atom stereocenters. The van der Waals surface area contributed by atoms with Crippen molar-refractivity contribution in [1.29, 1.82) is 0 Å². The zero-order valence-electron chi connectivity index (χ0n) is 6.73. The number of hydrogen-bond acceptors (Lipinski definition) is 2. The van der Waals surface area contributed by atoms with E-state index < -0.39 is 0 Å². The van der Waals surface area contributed by atoms with Gasteiger partial charge in [-0.15, -0.1) is 0 Å². The molecular formula is C9H11BrN2. The standard InChI is InChI=1S/C9H11BrN2/c10-7-3-4-8(11)6-2-1-5-12-9(6)7/h3-4,12H,1-2,5,11H2. The number of nitrogens with one attached hydrogen (secondary N) is 1. The van der Waals surface area contributed by atoms with Crippen molar-refractivity contribution in [3.8, 4) is 0 Å². The number of halogens is 1. The van der Waals surface area contributed by atoms with E-state index in [2.05, 4.69) is 21.2 Å². The van der Waals surface area contributed by atoms with Crippen molar-refractivity contribution >= 4 is 27.3 Å². The lowest BCUT2D eigenvalue weighted by atomic mass is 10.0. The Labute approximate surface area is 80.3 Å². The molecule has 2 nitrogen and oxygen atoms in total. The molecule has 0 saturated carbocycles. The molecule has 0 radical (unpaired) electrons. The van der Waals surface area contributed by atoms with Crippen LogP contribution in [0.5, 0.6) is 0 Å². The van der Waals surface area contributed by atoms with E-state index in [9.17, 15) is 0 Å². The van der Waals surface area contributed by atoms with Gasteiger partial charge in [0.25, 0.3) is 0 Å². The summed E-state index contributed by atoms with van der Waals surface area (Å²) in [4.78, 5) is 0. The second-order valence-electron chi connectivity index (χ2n) is 3.02. The minimum Gasteiger partial charge on any atom is -0.398 e. The first-order chi connectivity index (χ1) is 5.79. The Morgan fingerprint density at radius 1 is 1.42 bits per heavy atom. The minimum absolute atomic E-state index is 0.903. The van der Waals surface area contributed by atoms with E-state index in [1.165, 1.54) is 17.7 Å². The maximum absolute atomic E-state index is 5.85. The highest BCUT2D eigenvalue weighted by Gasteiger charge is 2.13. The number of benzene rings is 1. The zero-order valence-corrected chi connectivity index (χ0v) is 8.32. The van der Waals surface area contributed by atoms with Crippen molar-refractivity contribution < 1.29 is 0 Å². The summed E-state index contributed by atoms with van der Waals surface area (Å²) in [7, 11) is 0. The summed E-state index contributed by atoms with van der Waals surface area (Å²) in [6, 6.07) is 3.95. The van der Waals surface area contributed by atoms with Crippen LogP contribution in [-0.4, -0.2) is 6.54 Å². The Morgan fingerprint density at radius 2 is 2.25 bits per heavy atom. The Hall–Kier alpha value is -0.700. The first kappa shape index (κ1) is 7.92. The van der Waals surface area contributed by atoms with Crippen LogP contribution in [0.15, 0.2) is 16.6 Å². The van der Waals surface area contributed by atoms with Gasteiger partial charge in [0, 0.05) is 16.7 Å². The van der Waals surface area contributed by atoms with E-state index in [-0.39, 0.29) is 0 Å². The van der Waals surface area contributed by atoms with Crippen LogP contribution >= 0.6 is 15.9 Å². The van der Waals surface area contributed by atoms with E-state index in [0.717, 1.165) is 23.1 Å². The lowest BCUT2D eigenvalue weighted by Crippen LogP contribution is -2.13. The number of nitrogens with two attached hydrogens (primary N) is 1. The summed E-state index contributed by atoms with van der Waals surface area (Å²) in [5.74, 6) is 0. The molecule has 1 aliphatic rings. The molecule has 2 rings (SSSR count). The monoisotopic (exact) mass is 226 g/mol. The van der Waals surface area contributed by atoms with Crippen LogP contribution < -0.4 is 11.1 Å². The molecule has 3 heteroatoms. The highest BCUT2D eigenvalue weighted by Crippen LogP contribution is 2.33. The average molecular weight is 227 g/mol. The van der Waals surface area contributed by atoms with E-state index in [1.54, 1.807) is 0 Å². The van der Waals surface area contributed by atoms with Gasteiger partial charge in [0.1, 0.15) is 0 Å². The fourth-order valence-corrected chi connectivity index (χ4v) is 2.09. The van der Waals surface area contributed by atoms with Crippen LogP contribution in [0.2, 0.25) is 0 Å². The summed E-state index contributed by atoms with van der Waals surface area (Å²) in [5, 5.41) is 3.34. The molecule has 1 aliphatic heterocycles. The van der Waals surface area contributed by atoms with Gasteiger partial charge in [-0.1, -0.05) is 0 Å². The van der Waals surface area contributed by atoms with Crippen LogP contribution in [0.4, 0.5) is 11.4 Å². The number of hydrogen-bond donors (Lipinski definition) is 2. The predicted octanol–water partition coefficient (Wildman–Crippen LogP) is 2.39. The van der Waals surface area contributed by atoms with Crippen LogP contribution in [0.25, 0.3) is 0 Å². The number of rotatable bonds is 0. The minimum atomic E-state index is 0.903. The molecule has 0 fully saturated rings. The van der Waals surface area contributed by atoms with Crippen LogP contribution in [0, 0.1) is 0 Å². The molecule has 0 aliphatic carbocycles. The van der Waals surface area contributed by atoms with Gasteiger partial charge in [-0.05, 0) is 46.5 Å². The van der Waals surface area contributed by atoms with E-state index in [4.69, 9.17) is 5.73 Å².